The minimum absolute atomic E-state index is 0. The van der Waals surface area contributed by atoms with E-state index in [4.69, 9.17) is 28.7 Å². The fraction of sp³-hybridized carbons (Fsp3) is 0. The van der Waals surface area contributed by atoms with Gasteiger partial charge in [0.25, 0.3) is 0 Å². The van der Waals surface area contributed by atoms with Crippen molar-refractivity contribution in [1.29, 1.82) is 0 Å². The maximum Gasteiger partial charge on any atom is 1.00 e. The molecule has 0 amide bonds. The number of hydrogen-bond acceptors (Lipinski definition) is 6. The van der Waals surface area contributed by atoms with E-state index >= 15 is 0 Å². The van der Waals surface area contributed by atoms with Crippen molar-refractivity contribution in [2.45, 2.75) is 0 Å². The molecule has 0 saturated heterocycles. The van der Waals surface area contributed by atoms with Gasteiger partial charge < -0.3 is 28.7 Å². The van der Waals surface area contributed by atoms with Gasteiger partial charge in [-0.15, -0.1) is 0 Å². The summed E-state index contributed by atoms with van der Waals surface area (Å²) < 4.78 is 37.1. The van der Waals surface area contributed by atoms with Crippen LogP contribution >= 0.6 is 15.8 Å². The van der Waals surface area contributed by atoms with Gasteiger partial charge in [0.2, 0.25) is 0 Å². The van der Waals surface area contributed by atoms with Gasteiger partial charge in [-0.1, -0.05) is 0 Å². The van der Waals surface area contributed by atoms with Crippen LogP contribution in [0.15, 0.2) is 0 Å². The molecule has 0 aliphatic heterocycles. The number of halogens is 2. The Bertz CT molecular complexity index is 142. The molecule has 0 aliphatic carbocycles. The van der Waals surface area contributed by atoms with Crippen LogP contribution in [0.1, 0.15) is 0 Å². The first kappa shape index (κ1) is 36.6. The van der Waals surface area contributed by atoms with Crippen molar-refractivity contribution in [1.82, 2.24) is 0 Å². The molecule has 0 aromatic rings. The Kier molecular flexibility index (Phi) is 48.2. The summed E-state index contributed by atoms with van der Waals surface area (Å²) in [7, 11) is -11.3. The van der Waals surface area contributed by atoms with Crippen LogP contribution in [0.5, 0.6) is 0 Å². The average molecular weight is 320 g/mol. The summed E-state index contributed by atoms with van der Waals surface area (Å²) in [6, 6.07) is 0. The second-order valence-corrected chi connectivity index (χ2v) is 2.58. The Morgan fingerprint density at radius 3 is 0.714 bits per heavy atom. The molecule has 0 fully saturated rings. The first-order valence-corrected chi connectivity index (χ1v) is 4.30. The van der Waals surface area contributed by atoms with Crippen molar-refractivity contribution < 1.29 is 199 Å². The minimum Gasteiger partial charge on any atom is -0.786 e. The molecule has 14 heavy (non-hydrogen) atoms. The molecule has 64 valence electrons. The summed E-state index contributed by atoms with van der Waals surface area (Å²) in [4.78, 5) is 33.8. The Balaban J connectivity index is -0.0000000178. The standard InChI is InChI=1S/2FH2O3P.2K.2Na/c2*1-5(2,3)4;;;;/h2*(H2,2,3,4);;;;/q;;4*+1/p-4. The van der Waals surface area contributed by atoms with Crippen molar-refractivity contribution in [3.8, 4) is 0 Å². The van der Waals surface area contributed by atoms with Crippen LogP contribution in [0.2, 0.25) is 0 Å². The van der Waals surface area contributed by atoms with E-state index in [2.05, 4.69) is 0 Å². The van der Waals surface area contributed by atoms with Gasteiger partial charge in [0.15, 0.2) is 0 Å². The molecule has 0 N–H and O–H groups in total. The van der Waals surface area contributed by atoms with Crippen molar-refractivity contribution in [3.63, 3.8) is 0 Å². The molecule has 0 radical (unpaired) electrons. The number of rotatable bonds is 0. The number of hydrogen-bond donors (Lipinski definition) is 0. The van der Waals surface area contributed by atoms with Crippen LogP contribution in [-0.2, 0) is 9.13 Å². The zero-order chi connectivity index (χ0) is 9.00. The van der Waals surface area contributed by atoms with Crippen LogP contribution in [0.4, 0.5) is 8.39 Å². The fourth-order valence-corrected chi connectivity index (χ4v) is 0. The third-order valence-corrected chi connectivity index (χ3v) is 0. The van der Waals surface area contributed by atoms with Crippen LogP contribution < -0.4 is 181 Å². The van der Waals surface area contributed by atoms with E-state index in [0.717, 1.165) is 0 Å². The first-order chi connectivity index (χ1) is 4.00. The molecule has 0 heterocycles. The van der Waals surface area contributed by atoms with Gasteiger partial charge in [0.05, 0.1) is 0 Å². The fourth-order valence-electron chi connectivity index (χ4n) is 0. The molecule has 0 aromatic carbocycles. The van der Waals surface area contributed by atoms with E-state index in [9.17, 15) is 8.39 Å². The van der Waals surface area contributed by atoms with Crippen LogP contribution in [0.3, 0.4) is 0 Å². The van der Waals surface area contributed by atoms with Gasteiger partial charge in [0.1, 0.15) is 15.8 Å². The second-order valence-electron chi connectivity index (χ2n) is 0.861. The molecule has 14 heteroatoms. The van der Waals surface area contributed by atoms with Gasteiger partial charge in [-0.05, 0) is 0 Å². The van der Waals surface area contributed by atoms with E-state index in [1.165, 1.54) is 0 Å². The Morgan fingerprint density at radius 1 is 0.714 bits per heavy atom. The second kappa shape index (κ2) is 18.4. The SMILES string of the molecule is O=P([O-])([O-])F.O=P([O-])([O-])F.[K+].[K+].[Na+].[Na+]. The van der Waals surface area contributed by atoms with Gasteiger partial charge in [-0.25, -0.2) is 8.39 Å². The van der Waals surface area contributed by atoms with Crippen molar-refractivity contribution in [3.05, 3.63) is 0 Å². The van der Waals surface area contributed by atoms with E-state index in [1.807, 2.05) is 0 Å². The van der Waals surface area contributed by atoms with E-state index in [0.29, 0.717) is 0 Å². The summed E-state index contributed by atoms with van der Waals surface area (Å²) in [5, 5.41) is 0. The Hall–Kier alpha value is 5.43. The van der Waals surface area contributed by atoms with Gasteiger partial charge >= 0.3 is 162 Å². The summed E-state index contributed by atoms with van der Waals surface area (Å²) >= 11 is 0. The largest absolute Gasteiger partial charge is 1.00 e. The predicted molar refractivity (Wildman–Crippen MR) is 17.4 cm³/mol. The summed E-state index contributed by atoms with van der Waals surface area (Å²) in [6.45, 7) is 0. The van der Waals surface area contributed by atoms with Crippen LogP contribution in [0, 0.1) is 0 Å². The zero-order valence-electron chi connectivity index (χ0n) is 8.10. The van der Waals surface area contributed by atoms with Crippen LogP contribution in [0.25, 0.3) is 0 Å². The normalized spacial score (nSPS) is 8.43. The molecule has 0 spiro atoms. The molecule has 0 aliphatic rings. The quantitative estimate of drug-likeness (QED) is 0.322. The predicted octanol–water partition coefficient (Wildman–Crippen LogP) is -14.4. The molecular weight excluding hydrogens is 320 g/mol. The Labute approximate surface area is 209 Å². The molecular formula is F2K2Na2O6P2. The molecule has 0 aromatic heterocycles. The zero-order valence-corrected chi connectivity index (χ0v) is 20.1. The van der Waals surface area contributed by atoms with Gasteiger partial charge in [0, 0.05) is 0 Å². The molecule has 0 rings (SSSR count). The van der Waals surface area contributed by atoms with Gasteiger partial charge in [-0.3, -0.25) is 0 Å². The molecule has 0 atom stereocenters. The van der Waals surface area contributed by atoms with Crippen molar-refractivity contribution in [2.24, 2.45) is 0 Å². The van der Waals surface area contributed by atoms with Gasteiger partial charge in [-0.2, -0.15) is 0 Å². The molecule has 0 saturated carbocycles. The topological polar surface area (TPSA) is 126 Å². The van der Waals surface area contributed by atoms with Crippen LogP contribution in [-0.4, -0.2) is 0 Å². The van der Waals surface area contributed by atoms with Crippen molar-refractivity contribution in [2.75, 3.05) is 0 Å². The average Bonchev–Trinajstić information content (AvgIpc) is 1.12. The molecule has 0 unspecified atom stereocenters. The summed E-state index contributed by atoms with van der Waals surface area (Å²) in [6.07, 6.45) is 0. The Morgan fingerprint density at radius 2 is 0.714 bits per heavy atom. The third-order valence-electron chi connectivity index (χ3n) is 0. The molecule has 6 nitrogen and oxygen atoms in total. The van der Waals surface area contributed by atoms with E-state index in [-0.39, 0.29) is 162 Å². The van der Waals surface area contributed by atoms with E-state index in [1.54, 1.807) is 0 Å². The summed E-state index contributed by atoms with van der Waals surface area (Å²) in [5.74, 6) is 0. The maximum absolute atomic E-state index is 10.1. The minimum atomic E-state index is -5.64. The maximum atomic E-state index is 10.1. The first-order valence-electron chi connectivity index (χ1n) is 1.43. The smallest absolute Gasteiger partial charge is 0.786 e. The van der Waals surface area contributed by atoms with Crippen molar-refractivity contribution >= 4 is 15.8 Å². The third kappa shape index (κ3) is 159. The monoisotopic (exact) mass is 320 g/mol. The van der Waals surface area contributed by atoms with E-state index < -0.39 is 15.8 Å². The molecule has 0 bridgehead atoms. The summed E-state index contributed by atoms with van der Waals surface area (Å²) in [5.41, 5.74) is 0.